The summed E-state index contributed by atoms with van der Waals surface area (Å²) < 4.78 is 4.48. The zero-order valence-electron chi connectivity index (χ0n) is 6.22. The van der Waals surface area contributed by atoms with Crippen molar-refractivity contribution in [2.45, 2.75) is 12.8 Å². The Morgan fingerprint density at radius 2 is 2.09 bits per heavy atom. The second-order valence-electron chi connectivity index (χ2n) is 2.63. The van der Waals surface area contributed by atoms with E-state index in [1.807, 2.05) is 0 Å². The standard InChI is InChI=1S/C7H9ClO3/c1-11-6(10)7(2-3-7)5(9)4-8/h2-4H2,1H3. The minimum absolute atomic E-state index is 0.102. The first-order valence-corrected chi connectivity index (χ1v) is 3.88. The van der Waals surface area contributed by atoms with Gasteiger partial charge in [-0.3, -0.25) is 9.59 Å². The van der Waals surface area contributed by atoms with E-state index < -0.39 is 11.4 Å². The van der Waals surface area contributed by atoms with E-state index in [4.69, 9.17) is 11.6 Å². The number of halogens is 1. The topological polar surface area (TPSA) is 43.4 Å². The largest absolute Gasteiger partial charge is 0.468 e. The van der Waals surface area contributed by atoms with Crippen LogP contribution in [0.1, 0.15) is 12.8 Å². The Morgan fingerprint density at radius 1 is 1.55 bits per heavy atom. The van der Waals surface area contributed by atoms with Gasteiger partial charge in [-0.05, 0) is 12.8 Å². The van der Waals surface area contributed by atoms with Gasteiger partial charge in [0, 0.05) is 0 Å². The Bertz CT molecular complexity index is 178. The van der Waals surface area contributed by atoms with E-state index in [1.54, 1.807) is 0 Å². The molecule has 0 unspecified atom stereocenters. The molecule has 0 radical (unpaired) electrons. The molecule has 0 aromatic rings. The molecule has 62 valence electrons. The van der Waals surface area contributed by atoms with Crippen LogP contribution < -0.4 is 0 Å². The van der Waals surface area contributed by atoms with Crippen molar-refractivity contribution >= 4 is 23.4 Å². The fourth-order valence-corrected chi connectivity index (χ4v) is 1.30. The maximum absolute atomic E-state index is 11.1. The highest BCUT2D eigenvalue weighted by Crippen LogP contribution is 2.47. The van der Waals surface area contributed by atoms with Crippen LogP contribution >= 0.6 is 11.6 Å². The molecule has 0 N–H and O–H groups in total. The molecule has 0 aromatic heterocycles. The minimum Gasteiger partial charge on any atom is -0.468 e. The summed E-state index contributed by atoms with van der Waals surface area (Å²) in [6, 6.07) is 0. The van der Waals surface area contributed by atoms with Crippen LogP contribution in [0.5, 0.6) is 0 Å². The molecule has 0 bridgehead atoms. The monoisotopic (exact) mass is 176 g/mol. The van der Waals surface area contributed by atoms with Gasteiger partial charge >= 0.3 is 5.97 Å². The summed E-state index contributed by atoms with van der Waals surface area (Å²) in [5, 5.41) is 0. The number of Topliss-reactive ketones (excluding diaryl/α,β-unsaturated/α-hetero) is 1. The Hall–Kier alpha value is -0.570. The number of hydrogen-bond donors (Lipinski definition) is 0. The highest BCUT2D eigenvalue weighted by Gasteiger charge is 2.56. The lowest BCUT2D eigenvalue weighted by atomic mass is 10.0. The van der Waals surface area contributed by atoms with Crippen LogP contribution in [0.3, 0.4) is 0 Å². The van der Waals surface area contributed by atoms with Crippen molar-refractivity contribution in [3.8, 4) is 0 Å². The lowest BCUT2D eigenvalue weighted by Gasteiger charge is -2.07. The molecule has 1 rings (SSSR count). The van der Waals surface area contributed by atoms with Crippen LogP contribution in [0.15, 0.2) is 0 Å². The number of methoxy groups -OCH3 is 1. The average Bonchev–Trinajstić information content (AvgIpc) is 2.82. The van der Waals surface area contributed by atoms with Crippen molar-refractivity contribution < 1.29 is 14.3 Å². The van der Waals surface area contributed by atoms with E-state index in [-0.39, 0.29) is 11.7 Å². The van der Waals surface area contributed by atoms with Crippen molar-refractivity contribution in [2.75, 3.05) is 13.0 Å². The summed E-state index contributed by atoms with van der Waals surface area (Å²) >= 11 is 5.32. The van der Waals surface area contributed by atoms with Gasteiger partial charge in [0.15, 0.2) is 5.78 Å². The van der Waals surface area contributed by atoms with Gasteiger partial charge in [-0.15, -0.1) is 11.6 Å². The van der Waals surface area contributed by atoms with Crippen LogP contribution in [0.25, 0.3) is 0 Å². The molecule has 0 spiro atoms. The first-order chi connectivity index (χ1) is 5.17. The molecule has 11 heavy (non-hydrogen) atoms. The number of carbonyl (C=O) groups is 2. The highest BCUT2D eigenvalue weighted by molar-refractivity contribution is 6.31. The molecule has 1 fully saturated rings. The fraction of sp³-hybridized carbons (Fsp3) is 0.714. The van der Waals surface area contributed by atoms with Gasteiger partial charge in [-0.2, -0.15) is 0 Å². The van der Waals surface area contributed by atoms with Gasteiger partial charge in [0.25, 0.3) is 0 Å². The van der Waals surface area contributed by atoms with E-state index in [0.29, 0.717) is 12.8 Å². The third-order valence-electron chi connectivity index (χ3n) is 1.98. The van der Waals surface area contributed by atoms with E-state index in [0.717, 1.165) is 0 Å². The molecule has 0 aliphatic heterocycles. The summed E-state index contributed by atoms with van der Waals surface area (Å²) in [4.78, 5) is 22.1. The Balaban J connectivity index is 2.67. The smallest absolute Gasteiger partial charge is 0.319 e. The van der Waals surface area contributed by atoms with Gasteiger partial charge in [0.1, 0.15) is 5.41 Å². The van der Waals surface area contributed by atoms with Gasteiger partial charge in [-0.25, -0.2) is 0 Å². The number of rotatable bonds is 3. The lowest BCUT2D eigenvalue weighted by Crippen LogP contribution is -2.27. The molecule has 0 atom stereocenters. The second kappa shape index (κ2) is 2.81. The Labute approximate surface area is 69.7 Å². The molecule has 0 heterocycles. The van der Waals surface area contributed by atoms with E-state index in [2.05, 4.69) is 4.74 Å². The summed E-state index contributed by atoms with van der Waals surface area (Å²) in [7, 11) is 1.28. The minimum atomic E-state index is -0.865. The first kappa shape index (κ1) is 8.53. The third-order valence-corrected chi connectivity index (χ3v) is 2.22. The quantitative estimate of drug-likeness (QED) is 0.362. The summed E-state index contributed by atoms with van der Waals surface area (Å²) in [5.41, 5.74) is -0.865. The average molecular weight is 177 g/mol. The second-order valence-corrected chi connectivity index (χ2v) is 2.90. The maximum Gasteiger partial charge on any atom is 0.319 e. The summed E-state index contributed by atoms with van der Waals surface area (Å²) in [6.07, 6.45) is 1.18. The van der Waals surface area contributed by atoms with Crippen LogP contribution in [0.2, 0.25) is 0 Å². The van der Waals surface area contributed by atoms with Gasteiger partial charge in [-0.1, -0.05) is 0 Å². The maximum atomic E-state index is 11.1. The number of alkyl halides is 1. The van der Waals surface area contributed by atoms with Gasteiger partial charge < -0.3 is 4.74 Å². The van der Waals surface area contributed by atoms with E-state index in [1.165, 1.54) is 7.11 Å². The molecule has 1 aliphatic rings. The molecular weight excluding hydrogens is 168 g/mol. The predicted octanol–water partition coefficient (Wildman–Crippen LogP) is 0.747. The van der Waals surface area contributed by atoms with Crippen LogP contribution in [0, 0.1) is 5.41 Å². The van der Waals surface area contributed by atoms with Gasteiger partial charge in [0.2, 0.25) is 0 Å². The highest BCUT2D eigenvalue weighted by atomic mass is 35.5. The number of hydrogen-bond acceptors (Lipinski definition) is 3. The van der Waals surface area contributed by atoms with Crippen molar-refractivity contribution in [1.29, 1.82) is 0 Å². The summed E-state index contributed by atoms with van der Waals surface area (Å²) in [5.74, 6) is -0.760. The molecule has 1 aliphatic carbocycles. The van der Waals surface area contributed by atoms with Crippen molar-refractivity contribution in [2.24, 2.45) is 5.41 Å². The molecule has 3 nitrogen and oxygen atoms in total. The van der Waals surface area contributed by atoms with E-state index in [9.17, 15) is 9.59 Å². The molecular formula is C7H9ClO3. The number of carbonyl (C=O) groups excluding carboxylic acids is 2. The van der Waals surface area contributed by atoms with Crippen molar-refractivity contribution in [1.82, 2.24) is 0 Å². The lowest BCUT2D eigenvalue weighted by molar-refractivity contribution is -0.150. The normalized spacial score (nSPS) is 19.1. The van der Waals surface area contributed by atoms with Crippen molar-refractivity contribution in [3.05, 3.63) is 0 Å². The molecule has 0 aromatic carbocycles. The zero-order chi connectivity index (χ0) is 8.48. The molecule has 0 saturated heterocycles. The SMILES string of the molecule is COC(=O)C1(C(=O)CCl)CC1. The molecule has 1 saturated carbocycles. The summed E-state index contributed by atoms with van der Waals surface area (Å²) in [6.45, 7) is 0. The molecule has 0 amide bonds. The van der Waals surface area contributed by atoms with Crippen LogP contribution in [-0.4, -0.2) is 24.7 Å². The van der Waals surface area contributed by atoms with Gasteiger partial charge in [0.05, 0.1) is 13.0 Å². The molecule has 4 heteroatoms. The van der Waals surface area contributed by atoms with Crippen LogP contribution in [-0.2, 0) is 14.3 Å². The van der Waals surface area contributed by atoms with Crippen molar-refractivity contribution in [3.63, 3.8) is 0 Å². The Kier molecular flexibility index (Phi) is 2.18. The van der Waals surface area contributed by atoms with Crippen LogP contribution in [0.4, 0.5) is 0 Å². The number of esters is 1. The predicted molar refractivity (Wildman–Crippen MR) is 39.4 cm³/mol. The third kappa shape index (κ3) is 1.25. The fourth-order valence-electron chi connectivity index (χ4n) is 1.05. The number of ether oxygens (including phenoxy) is 1. The number of ketones is 1. The Morgan fingerprint density at radius 3 is 2.36 bits per heavy atom. The van der Waals surface area contributed by atoms with E-state index >= 15 is 0 Å². The first-order valence-electron chi connectivity index (χ1n) is 3.35. The zero-order valence-corrected chi connectivity index (χ0v) is 6.98.